The maximum Gasteiger partial charge on any atom is 0.333 e. The van der Waals surface area contributed by atoms with Gasteiger partial charge in [-0.15, -0.1) is 0 Å². The maximum atomic E-state index is 13.6. The third-order valence-electron chi connectivity index (χ3n) is 6.48. The van der Waals surface area contributed by atoms with Crippen molar-refractivity contribution in [3.05, 3.63) is 11.6 Å². The quantitative estimate of drug-likeness (QED) is 0.452. The first kappa shape index (κ1) is 28.1. The normalized spacial score (nSPS) is 22.3. The van der Waals surface area contributed by atoms with Crippen molar-refractivity contribution in [2.45, 2.75) is 98.8 Å². The van der Waals surface area contributed by atoms with Gasteiger partial charge in [-0.25, -0.2) is 4.79 Å². The molecule has 32 heavy (non-hydrogen) atoms. The largest absolute Gasteiger partial charge is 0.463 e. The van der Waals surface area contributed by atoms with Gasteiger partial charge < -0.3 is 15.0 Å². The van der Waals surface area contributed by atoms with Crippen LogP contribution in [0.4, 0.5) is 0 Å². The third kappa shape index (κ3) is 7.32. The number of nitrogens with one attached hydrogen (secondary N) is 1. The number of hydrogen-bond donors (Lipinski definition) is 1. The molecular formula is C25H45N3O4. The van der Waals surface area contributed by atoms with Crippen molar-refractivity contribution in [2.24, 2.45) is 11.3 Å². The Morgan fingerprint density at radius 3 is 2.31 bits per heavy atom. The molecule has 0 aromatic carbocycles. The van der Waals surface area contributed by atoms with E-state index in [2.05, 4.69) is 17.1 Å². The van der Waals surface area contributed by atoms with Gasteiger partial charge in [0.05, 0.1) is 18.7 Å². The van der Waals surface area contributed by atoms with E-state index in [1.54, 1.807) is 31.9 Å². The fourth-order valence-corrected chi connectivity index (χ4v) is 4.20. The molecule has 7 nitrogen and oxygen atoms in total. The molecule has 0 radical (unpaired) electrons. The first-order valence-corrected chi connectivity index (χ1v) is 11.9. The number of rotatable bonds is 8. The van der Waals surface area contributed by atoms with Crippen LogP contribution in [0.3, 0.4) is 0 Å². The lowest BCUT2D eigenvalue weighted by Gasteiger charge is -2.40. The number of ether oxygens (including phenoxy) is 1. The second-order valence-corrected chi connectivity index (χ2v) is 10.5. The molecule has 0 spiro atoms. The van der Waals surface area contributed by atoms with Crippen LogP contribution in [0.2, 0.25) is 0 Å². The number of piperidine rings is 1. The summed E-state index contributed by atoms with van der Waals surface area (Å²) in [6.07, 6.45) is 4.67. The van der Waals surface area contributed by atoms with Gasteiger partial charge in [0.15, 0.2) is 0 Å². The highest BCUT2D eigenvalue weighted by Gasteiger charge is 2.39. The fourth-order valence-electron chi connectivity index (χ4n) is 4.20. The topological polar surface area (TPSA) is 79.0 Å². The highest BCUT2D eigenvalue weighted by Crippen LogP contribution is 2.26. The second-order valence-electron chi connectivity index (χ2n) is 10.5. The number of carbonyl (C=O) groups excluding carboxylic acids is 3. The summed E-state index contributed by atoms with van der Waals surface area (Å²) >= 11 is 0. The second kappa shape index (κ2) is 11.8. The predicted molar refractivity (Wildman–Crippen MR) is 128 cm³/mol. The molecule has 0 aliphatic carbocycles. The van der Waals surface area contributed by atoms with Gasteiger partial charge in [0.1, 0.15) is 6.04 Å². The lowest BCUT2D eigenvalue weighted by Crippen LogP contribution is -2.60. The number of esters is 1. The van der Waals surface area contributed by atoms with Crippen molar-refractivity contribution in [3.63, 3.8) is 0 Å². The van der Waals surface area contributed by atoms with Gasteiger partial charge in [-0.05, 0) is 58.4 Å². The molecule has 0 saturated carbocycles. The molecule has 0 aromatic heterocycles. The van der Waals surface area contributed by atoms with Gasteiger partial charge in [-0.3, -0.25) is 14.5 Å². The Balaban J connectivity index is 3.12. The lowest BCUT2D eigenvalue weighted by atomic mass is 9.84. The summed E-state index contributed by atoms with van der Waals surface area (Å²) < 4.78 is 5.09. The number of likely N-dealkylation sites (N-methyl/N-ethyl adjacent to an activating group) is 2. The molecule has 1 heterocycles. The zero-order valence-electron chi connectivity index (χ0n) is 21.8. The Bertz CT molecular complexity index is 696. The highest BCUT2D eigenvalue weighted by molar-refractivity contribution is 5.91. The van der Waals surface area contributed by atoms with Crippen LogP contribution in [0.15, 0.2) is 11.6 Å². The number of amides is 2. The van der Waals surface area contributed by atoms with Crippen LogP contribution in [0.25, 0.3) is 0 Å². The smallest absolute Gasteiger partial charge is 0.333 e. The Kier molecular flexibility index (Phi) is 10.4. The van der Waals surface area contributed by atoms with E-state index in [4.69, 9.17) is 4.74 Å². The van der Waals surface area contributed by atoms with Crippen molar-refractivity contribution in [2.75, 3.05) is 20.7 Å². The van der Waals surface area contributed by atoms with Crippen molar-refractivity contribution < 1.29 is 19.1 Å². The van der Waals surface area contributed by atoms with Crippen molar-refractivity contribution in [1.82, 2.24) is 15.1 Å². The summed E-state index contributed by atoms with van der Waals surface area (Å²) in [6, 6.07) is -0.866. The fraction of sp³-hybridized carbons (Fsp3) is 0.800. The summed E-state index contributed by atoms with van der Waals surface area (Å²) in [5.74, 6) is -0.562. The minimum atomic E-state index is -0.678. The first-order valence-electron chi connectivity index (χ1n) is 11.9. The van der Waals surface area contributed by atoms with E-state index in [0.717, 1.165) is 19.3 Å². The van der Waals surface area contributed by atoms with Gasteiger partial charge >= 0.3 is 5.97 Å². The standard InChI is InChI=1S/C25H45N3O4/c1-11-32-24(31)17(4)15-20(16(2)3)28(10)23(30)21(25(6,7)8)26-22(29)19-14-12-13-18(5)27(19)9/h15-16,18-21H,11-14H2,1-10H3,(H,26,29)/t18-,19?,20-,21-/m1/s1. The van der Waals surface area contributed by atoms with E-state index in [1.165, 1.54) is 0 Å². The average molecular weight is 452 g/mol. The van der Waals surface area contributed by atoms with Gasteiger partial charge in [0, 0.05) is 18.7 Å². The minimum Gasteiger partial charge on any atom is -0.463 e. The van der Waals surface area contributed by atoms with Crippen LogP contribution in [-0.4, -0.2) is 72.5 Å². The minimum absolute atomic E-state index is 0.0787. The molecule has 184 valence electrons. The number of likely N-dealkylation sites (tertiary alicyclic amines) is 1. The van der Waals surface area contributed by atoms with Crippen LogP contribution >= 0.6 is 0 Å². The summed E-state index contributed by atoms with van der Waals surface area (Å²) in [5.41, 5.74) is 0.000687. The molecule has 1 saturated heterocycles. The van der Waals surface area contributed by atoms with E-state index >= 15 is 0 Å². The molecule has 0 aromatic rings. The molecule has 2 amide bonds. The maximum absolute atomic E-state index is 13.6. The Labute approximate surface area is 194 Å². The van der Waals surface area contributed by atoms with Crippen LogP contribution in [0.1, 0.15) is 74.7 Å². The summed E-state index contributed by atoms with van der Waals surface area (Å²) in [5, 5.41) is 3.06. The molecule has 7 heteroatoms. The first-order chi connectivity index (χ1) is 14.7. The Morgan fingerprint density at radius 1 is 1.22 bits per heavy atom. The van der Waals surface area contributed by atoms with Crippen molar-refractivity contribution in [3.8, 4) is 0 Å². The number of hydrogen-bond acceptors (Lipinski definition) is 5. The van der Waals surface area contributed by atoms with Gasteiger partial charge in [-0.1, -0.05) is 40.7 Å². The number of carbonyl (C=O) groups is 3. The van der Waals surface area contributed by atoms with E-state index in [1.807, 2.05) is 41.7 Å². The molecule has 1 N–H and O–H groups in total. The Morgan fingerprint density at radius 2 is 1.81 bits per heavy atom. The van der Waals surface area contributed by atoms with E-state index in [0.29, 0.717) is 18.2 Å². The molecule has 1 aliphatic heterocycles. The van der Waals surface area contributed by atoms with E-state index < -0.39 is 11.5 Å². The van der Waals surface area contributed by atoms with Crippen molar-refractivity contribution >= 4 is 17.8 Å². The summed E-state index contributed by atoms with van der Waals surface area (Å²) in [6.45, 7) is 15.8. The van der Waals surface area contributed by atoms with Crippen LogP contribution < -0.4 is 5.32 Å². The highest BCUT2D eigenvalue weighted by atomic mass is 16.5. The summed E-state index contributed by atoms with van der Waals surface area (Å²) in [7, 11) is 3.72. The molecule has 4 atom stereocenters. The molecule has 1 fully saturated rings. The predicted octanol–water partition coefficient (Wildman–Crippen LogP) is 3.38. The SMILES string of the molecule is CCOC(=O)C(C)=C[C@H](C(C)C)N(C)C(=O)[C@@H](NC(=O)C1CCC[C@@H](C)N1C)C(C)(C)C. The molecular weight excluding hydrogens is 406 g/mol. The molecule has 1 aliphatic rings. The number of nitrogens with zero attached hydrogens (tertiary/aromatic N) is 2. The van der Waals surface area contributed by atoms with Gasteiger partial charge in [0.2, 0.25) is 11.8 Å². The van der Waals surface area contributed by atoms with Gasteiger partial charge in [-0.2, -0.15) is 0 Å². The van der Waals surface area contributed by atoms with Crippen molar-refractivity contribution in [1.29, 1.82) is 0 Å². The molecule has 1 unspecified atom stereocenters. The van der Waals surface area contributed by atoms with Gasteiger partial charge in [0.25, 0.3) is 0 Å². The Hall–Kier alpha value is -1.89. The van der Waals surface area contributed by atoms with Crippen LogP contribution in [0, 0.1) is 11.3 Å². The zero-order chi connectivity index (χ0) is 24.8. The zero-order valence-corrected chi connectivity index (χ0v) is 21.8. The molecule has 1 rings (SSSR count). The van der Waals surface area contributed by atoms with E-state index in [9.17, 15) is 14.4 Å². The summed E-state index contributed by atoms with van der Waals surface area (Å²) in [4.78, 5) is 42.7. The van der Waals surface area contributed by atoms with E-state index in [-0.39, 0.29) is 35.8 Å². The van der Waals surface area contributed by atoms with Crippen LogP contribution in [0.5, 0.6) is 0 Å². The third-order valence-corrected chi connectivity index (χ3v) is 6.48. The monoisotopic (exact) mass is 451 g/mol. The van der Waals surface area contributed by atoms with Crippen LogP contribution in [-0.2, 0) is 19.1 Å². The lowest BCUT2D eigenvalue weighted by molar-refractivity contribution is -0.142. The average Bonchev–Trinajstić information content (AvgIpc) is 2.69. The molecule has 0 bridgehead atoms.